The molecule has 0 amide bonds. The van der Waals surface area contributed by atoms with E-state index in [2.05, 4.69) is 15.3 Å². The van der Waals surface area contributed by atoms with Gasteiger partial charge in [-0.3, -0.25) is 0 Å². The van der Waals surface area contributed by atoms with Crippen molar-refractivity contribution in [2.24, 2.45) is 0 Å². The first-order valence-corrected chi connectivity index (χ1v) is 7.31. The maximum Gasteiger partial charge on any atom is 0.143 e. The van der Waals surface area contributed by atoms with Crippen LogP contribution in [0.4, 0.5) is 11.5 Å². The first kappa shape index (κ1) is 15.9. The molecule has 0 unspecified atom stereocenters. The van der Waals surface area contributed by atoms with E-state index in [4.69, 9.17) is 27.9 Å². The third-order valence-corrected chi connectivity index (χ3v) is 3.85. The summed E-state index contributed by atoms with van der Waals surface area (Å²) in [4.78, 5) is 8.33. The molecule has 1 heterocycles. The van der Waals surface area contributed by atoms with Crippen LogP contribution in [-0.4, -0.2) is 17.1 Å². The smallest absolute Gasteiger partial charge is 0.143 e. The summed E-state index contributed by atoms with van der Waals surface area (Å²) < 4.78 is 5.36. The molecule has 2 rings (SSSR count). The molecule has 0 aliphatic rings. The SMILES string of the molecule is COc1cc(Cl)c(C)cc1Nc1ncnc(Cl)c1C(C)C. The Hall–Kier alpha value is -1.52. The van der Waals surface area contributed by atoms with Gasteiger partial charge in [0.2, 0.25) is 0 Å². The van der Waals surface area contributed by atoms with Crippen molar-refractivity contribution < 1.29 is 4.74 Å². The number of hydrogen-bond acceptors (Lipinski definition) is 4. The Balaban J connectivity index is 2.48. The normalized spacial score (nSPS) is 10.8. The van der Waals surface area contributed by atoms with Gasteiger partial charge in [-0.05, 0) is 24.5 Å². The quantitative estimate of drug-likeness (QED) is 0.806. The standard InChI is InChI=1S/C15H17Cl2N3O/c1-8(2)13-14(17)18-7-19-15(13)20-11-5-9(3)10(16)6-12(11)21-4/h5-8H,1-4H3,(H,18,19,20). The van der Waals surface area contributed by atoms with E-state index in [1.165, 1.54) is 6.33 Å². The molecule has 112 valence electrons. The van der Waals surface area contributed by atoms with Gasteiger partial charge < -0.3 is 10.1 Å². The summed E-state index contributed by atoms with van der Waals surface area (Å²) >= 11 is 12.3. The molecule has 21 heavy (non-hydrogen) atoms. The van der Waals surface area contributed by atoms with Crippen LogP contribution in [0.1, 0.15) is 30.9 Å². The number of ether oxygens (including phenoxy) is 1. The van der Waals surface area contributed by atoms with Gasteiger partial charge in [0, 0.05) is 16.7 Å². The van der Waals surface area contributed by atoms with E-state index in [9.17, 15) is 0 Å². The summed E-state index contributed by atoms with van der Waals surface area (Å²) in [7, 11) is 1.60. The van der Waals surface area contributed by atoms with Crippen LogP contribution >= 0.6 is 23.2 Å². The van der Waals surface area contributed by atoms with Crippen LogP contribution in [-0.2, 0) is 0 Å². The van der Waals surface area contributed by atoms with Gasteiger partial charge >= 0.3 is 0 Å². The van der Waals surface area contributed by atoms with Gasteiger partial charge in [-0.2, -0.15) is 0 Å². The Morgan fingerprint density at radius 3 is 2.52 bits per heavy atom. The maximum atomic E-state index is 6.18. The minimum Gasteiger partial charge on any atom is -0.495 e. The minimum absolute atomic E-state index is 0.195. The van der Waals surface area contributed by atoms with Crippen LogP contribution in [0.15, 0.2) is 18.5 Å². The van der Waals surface area contributed by atoms with Crippen molar-refractivity contribution >= 4 is 34.7 Å². The fourth-order valence-electron chi connectivity index (χ4n) is 2.04. The molecule has 2 aromatic rings. The molecule has 1 aromatic heterocycles. The largest absolute Gasteiger partial charge is 0.495 e. The Kier molecular flexibility index (Phi) is 4.91. The summed E-state index contributed by atoms with van der Waals surface area (Å²) in [5.74, 6) is 1.51. The molecule has 6 heteroatoms. The predicted octanol–water partition coefficient (Wildman–Crippen LogP) is 4.97. The number of nitrogens with zero attached hydrogens (tertiary/aromatic N) is 2. The first-order chi connectivity index (χ1) is 9.93. The van der Waals surface area contributed by atoms with Crippen molar-refractivity contribution in [3.05, 3.63) is 39.8 Å². The zero-order valence-corrected chi connectivity index (χ0v) is 13.9. The predicted molar refractivity (Wildman–Crippen MR) is 87.2 cm³/mol. The van der Waals surface area contributed by atoms with E-state index >= 15 is 0 Å². The molecule has 0 spiro atoms. The molecule has 0 saturated carbocycles. The second kappa shape index (κ2) is 6.50. The highest BCUT2D eigenvalue weighted by Crippen LogP contribution is 2.35. The Morgan fingerprint density at radius 1 is 1.19 bits per heavy atom. The summed E-state index contributed by atoms with van der Waals surface area (Å²) in [5.41, 5.74) is 2.61. The van der Waals surface area contributed by atoms with Crippen molar-refractivity contribution in [3.63, 3.8) is 0 Å². The Labute approximate surface area is 134 Å². The number of aryl methyl sites for hydroxylation is 1. The lowest BCUT2D eigenvalue weighted by atomic mass is 10.1. The van der Waals surface area contributed by atoms with E-state index in [1.54, 1.807) is 13.2 Å². The van der Waals surface area contributed by atoms with Gasteiger partial charge in [-0.25, -0.2) is 9.97 Å². The van der Waals surface area contributed by atoms with Crippen molar-refractivity contribution in [1.29, 1.82) is 0 Å². The Morgan fingerprint density at radius 2 is 1.90 bits per heavy atom. The molecule has 0 aliphatic carbocycles. The molecule has 0 aliphatic heterocycles. The molecule has 0 saturated heterocycles. The number of benzene rings is 1. The summed E-state index contributed by atoms with van der Waals surface area (Å²) in [6.45, 7) is 6.02. The van der Waals surface area contributed by atoms with Crippen molar-refractivity contribution in [2.45, 2.75) is 26.7 Å². The number of hydrogen-bond donors (Lipinski definition) is 1. The lowest BCUT2D eigenvalue weighted by molar-refractivity contribution is 0.416. The molecule has 0 radical (unpaired) electrons. The Bertz CT molecular complexity index is 660. The molecule has 0 bridgehead atoms. The second-order valence-electron chi connectivity index (χ2n) is 5.01. The average Bonchev–Trinajstić information content (AvgIpc) is 2.42. The lowest BCUT2D eigenvalue weighted by Gasteiger charge is -2.17. The number of halogens is 2. The highest BCUT2D eigenvalue weighted by Gasteiger charge is 2.15. The number of rotatable bonds is 4. The molecule has 1 aromatic carbocycles. The van der Waals surface area contributed by atoms with Crippen molar-refractivity contribution in [1.82, 2.24) is 9.97 Å². The minimum atomic E-state index is 0.195. The third kappa shape index (κ3) is 3.39. The fraction of sp³-hybridized carbons (Fsp3) is 0.333. The van der Waals surface area contributed by atoms with Crippen LogP contribution in [0.2, 0.25) is 10.2 Å². The molecular weight excluding hydrogens is 309 g/mol. The molecule has 1 N–H and O–H groups in total. The average molecular weight is 326 g/mol. The van der Waals surface area contributed by atoms with Gasteiger partial charge in [0.15, 0.2) is 0 Å². The number of aromatic nitrogens is 2. The highest BCUT2D eigenvalue weighted by molar-refractivity contribution is 6.31. The van der Waals surface area contributed by atoms with Crippen LogP contribution in [0.25, 0.3) is 0 Å². The van der Waals surface area contributed by atoms with E-state index in [0.29, 0.717) is 21.7 Å². The van der Waals surface area contributed by atoms with E-state index < -0.39 is 0 Å². The van der Waals surface area contributed by atoms with Crippen molar-refractivity contribution in [3.8, 4) is 5.75 Å². The number of anilines is 2. The van der Waals surface area contributed by atoms with Crippen LogP contribution in [0.5, 0.6) is 5.75 Å². The van der Waals surface area contributed by atoms with Gasteiger partial charge in [0.25, 0.3) is 0 Å². The van der Waals surface area contributed by atoms with E-state index in [-0.39, 0.29) is 5.92 Å². The molecule has 4 nitrogen and oxygen atoms in total. The molecule has 0 fully saturated rings. The van der Waals surface area contributed by atoms with Gasteiger partial charge in [-0.15, -0.1) is 0 Å². The number of nitrogens with one attached hydrogen (secondary N) is 1. The lowest BCUT2D eigenvalue weighted by Crippen LogP contribution is -2.04. The second-order valence-corrected chi connectivity index (χ2v) is 5.77. The molecular formula is C15H17Cl2N3O. The van der Waals surface area contributed by atoms with Gasteiger partial charge in [-0.1, -0.05) is 37.0 Å². The monoisotopic (exact) mass is 325 g/mol. The summed E-state index contributed by atoms with van der Waals surface area (Å²) in [6, 6.07) is 3.69. The fourth-order valence-corrected chi connectivity index (χ4v) is 2.55. The molecule has 0 atom stereocenters. The summed E-state index contributed by atoms with van der Waals surface area (Å²) in [6.07, 6.45) is 1.44. The first-order valence-electron chi connectivity index (χ1n) is 6.55. The van der Waals surface area contributed by atoms with Gasteiger partial charge in [0.1, 0.15) is 23.0 Å². The highest BCUT2D eigenvalue weighted by atomic mass is 35.5. The zero-order valence-electron chi connectivity index (χ0n) is 12.4. The number of methoxy groups -OCH3 is 1. The third-order valence-electron chi connectivity index (χ3n) is 3.15. The summed E-state index contributed by atoms with van der Waals surface area (Å²) in [5, 5.41) is 4.37. The van der Waals surface area contributed by atoms with Crippen LogP contribution < -0.4 is 10.1 Å². The maximum absolute atomic E-state index is 6.18. The van der Waals surface area contributed by atoms with Crippen LogP contribution in [0.3, 0.4) is 0 Å². The van der Waals surface area contributed by atoms with E-state index in [0.717, 1.165) is 16.8 Å². The van der Waals surface area contributed by atoms with Gasteiger partial charge in [0.05, 0.1) is 12.8 Å². The van der Waals surface area contributed by atoms with Crippen molar-refractivity contribution in [2.75, 3.05) is 12.4 Å². The zero-order chi connectivity index (χ0) is 15.6. The van der Waals surface area contributed by atoms with E-state index in [1.807, 2.05) is 26.8 Å². The topological polar surface area (TPSA) is 47.0 Å². The van der Waals surface area contributed by atoms with Crippen LogP contribution in [0, 0.1) is 6.92 Å².